The summed E-state index contributed by atoms with van der Waals surface area (Å²) in [6, 6.07) is 21.1. The van der Waals surface area contributed by atoms with Crippen molar-refractivity contribution in [2.75, 3.05) is 6.54 Å². The summed E-state index contributed by atoms with van der Waals surface area (Å²) in [5.41, 5.74) is 8.06. The molecule has 3 heteroatoms. The summed E-state index contributed by atoms with van der Waals surface area (Å²) in [7, 11) is 0. The SMILES string of the molecule is NC(O)CCCCN(Cc1ccccc1)Cc1ccccc1. The molecule has 0 aromatic heterocycles. The predicted octanol–water partition coefficient (Wildman–Crippen LogP) is 3.14. The minimum Gasteiger partial charge on any atom is -0.379 e. The third kappa shape index (κ3) is 6.39. The molecule has 0 amide bonds. The van der Waals surface area contributed by atoms with Gasteiger partial charge in [0.15, 0.2) is 0 Å². The van der Waals surface area contributed by atoms with Gasteiger partial charge in [0.2, 0.25) is 0 Å². The van der Waals surface area contributed by atoms with Gasteiger partial charge in [0.25, 0.3) is 0 Å². The van der Waals surface area contributed by atoms with E-state index in [9.17, 15) is 0 Å². The van der Waals surface area contributed by atoms with Crippen LogP contribution < -0.4 is 5.73 Å². The first-order valence-corrected chi connectivity index (χ1v) is 7.98. The number of benzene rings is 2. The smallest absolute Gasteiger partial charge is 0.102 e. The van der Waals surface area contributed by atoms with Gasteiger partial charge in [-0.2, -0.15) is 0 Å². The normalized spacial score (nSPS) is 12.5. The number of nitrogens with zero attached hydrogens (tertiary/aromatic N) is 1. The summed E-state index contributed by atoms with van der Waals surface area (Å²) in [4.78, 5) is 2.45. The lowest BCUT2D eigenvalue weighted by Gasteiger charge is -2.23. The van der Waals surface area contributed by atoms with E-state index in [1.54, 1.807) is 0 Å². The van der Waals surface area contributed by atoms with Gasteiger partial charge in [0, 0.05) is 13.1 Å². The lowest BCUT2D eigenvalue weighted by molar-refractivity contribution is 0.164. The van der Waals surface area contributed by atoms with Crippen molar-refractivity contribution in [2.24, 2.45) is 5.73 Å². The molecule has 1 unspecified atom stereocenters. The Kier molecular flexibility index (Phi) is 7.10. The van der Waals surface area contributed by atoms with E-state index in [2.05, 4.69) is 53.4 Å². The molecule has 2 rings (SSSR count). The zero-order chi connectivity index (χ0) is 15.6. The molecule has 0 aliphatic carbocycles. The summed E-state index contributed by atoms with van der Waals surface area (Å²) in [5.74, 6) is 0. The molecule has 0 aliphatic rings. The van der Waals surface area contributed by atoms with E-state index in [4.69, 9.17) is 10.8 Å². The molecule has 2 aromatic rings. The van der Waals surface area contributed by atoms with Crippen LogP contribution in [0.4, 0.5) is 0 Å². The molecule has 0 saturated heterocycles. The van der Waals surface area contributed by atoms with Crippen molar-refractivity contribution in [3.8, 4) is 0 Å². The predicted molar refractivity (Wildman–Crippen MR) is 91.0 cm³/mol. The van der Waals surface area contributed by atoms with Crippen LogP contribution in [-0.4, -0.2) is 22.8 Å². The van der Waals surface area contributed by atoms with Crippen LogP contribution >= 0.6 is 0 Å². The fourth-order valence-corrected chi connectivity index (χ4v) is 2.59. The molecule has 2 aromatic carbocycles. The Morgan fingerprint density at radius 2 is 1.32 bits per heavy atom. The molecule has 1 atom stereocenters. The Morgan fingerprint density at radius 1 is 0.818 bits per heavy atom. The van der Waals surface area contributed by atoms with Crippen LogP contribution in [0.1, 0.15) is 30.4 Å². The number of hydrogen-bond donors (Lipinski definition) is 2. The van der Waals surface area contributed by atoms with Crippen LogP contribution in [0.5, 0.6) is 0 Å². The molecule has 0 spiro atoms. The van der Waals surface area contributed by atoms with Gasteiger partial charge in [-0.3, -0.25) is 4.90 Å². The summed E-state index contributed by atoms with van der Waals surface area (Å²) in [6.45, 7) is 2.90. The number of nitrogens with two attached hydrogens (primary N) is 1. The van der Waals surface area contributed by atoms with Gasteiger partial charge in [-0.1, -0.05) is 60.7 Å². The average Bonchev–Trinajstić information content (AvgIpc) is 2.53. The lowest BCUT2D eigenvalue weighted by Crippen LogP contribution is -2.25. The van der Waals surface area contributed by atoms with Gasteiger partial charge in [-0.05, 0) is 36.9 Å². The van der Waals surface area contributed by atoms with Crippen LogP contribution in [0.3, 0.4) is 0 Å². The number of aliphatic hydroxyl groups is 1. The second-order valence-corrected chi connectivity index (χ2v) is 5.74. The third-order valence-electron chi connectivity index (χ3n) is 3.72. The Balaban J connectivity index is 1.91. The van der Waals surface area contributed by atoms with Crippen molar-refractivity contribution in [1.82, 2.24) is 4.90 Å². The highest BCUT2D eigenvalue weighted by Crippen LogP contribution is 2.11. The van der Waals surface area contributed by atoms with E-state index in [1.165, 1.54) is 11.1 Å². The van der Waals surface area contributed by atoms with Gasteiger partial charge >= 0.3 is 0 Å². The van der Waals surface area contributed by atoms with E-state index >= 15 is 0 Å². The molecule has 3 nitrogen and oxygen atoms in total. The van der Waals surface area contributed by atoms with Gasteiger partial charge in [0.1, 0.15) is 6.23 Å². The van der Waals surface area contributed by atoms with Crippen LogP contribution in [0.15, 0.2) is 60.7 Å². The molecule has 3 N–H and O–H groups in total. The molecule has 22 heavy (non-hydrogen) atoms. The topological polar surface area (TPSA) is 49.5 Å². The zero-order valence-electron chi connectivity index (χ0n) is 13.1. The number of rotatable bonds is 9. The van der Waals surface area contributed by atoms with E-state index in [0.29, 0.717) is 6.42 Å². The van der Waals surface area contributed by atoms with Gasteiger partial charge < -0.3 is 10.8 Å². The van der Waals surface area contributed by atoms with Crippen LogP contribution in [-0.2, 0) is 13.1 Å². The summed E-state index contributed by atoms with van der Waals surface area (Å²) in [5, 5.41) is 9.15. The third-order valence-corrected chi connectivity index (χ3v) is 3.72. The molecule has 118 valence electrons. The van der Waals surface area contributed by atoms with E-state index in [0.717, 1.165) is 32.5 Å². The number of hydrogen-bond acceptors (Lipinski definition) is 3. The largest absolute Gasteiger partial charge is 0.379 e. The zero-order valence-corrected chi connectivity index (χ0v) is 13.1. The van der Waals surface area contributed by atoms with Crippen molar-refractivity contribution >= 4 is 0 Å². The Hall–Kier alpha value is -1.68. The first-order chi connectivity index (χ1) is 10.7. The first-order valence-electron chi connectivity index (χ1n) is 7.98. The van der Waals surface area contributed by atoms with Crippen molar-refractivity contribution in [3.05, 3.63) is 71.8 Å². The fourth-order valence-electron chi connectivity index (χ4n) is 2.59. The van der Waals surface area contributed by atoms with E-state index in [1.807, 2.05) is 12.1 Å². The lowest BCUT2D eigenvalue weighted by atomic mass is 10.1. The summed E-state index contributed by atoms with van der Waals surface area (Å²) in [6.07, 6.45) is 1.99. The first kappa shape index (κ1) is 16.7. The second kappa shape index (κ2) is 9.36. The standard InChI is InChI=1S/C19H26N2O/c20-19(22)13-7-8-14-21(15-17-9-3-1-4-10-17)16-18-11-5-2-6-12-18/h1-6,9-12,19,22H,7-8,13-16,20H2. The van der Waals surface area contributed by atoms with Gasteiger partial charge in [0.05, 0.1) is 0 Å². The minimum absolute atomic E-state index is 0.671. The highest BCUT2D eigenvalue weighted by atomic mass is 16.3. The van der Waals surface area contributed by atoms with Crippen molar-refractivity contribution in [3.63, 3.8) is 0 Å². The second-order valence-electron chi connectivity index (χ2n) is 5.74. The Bertz CT molecular complexity index is 472. The highest BCUT2D eigenvalue weighted by molar-refractivity contribution is 5.17. The number of aliphatic hydroxyl groups excluding tert-OH is 1. The Labute approximate surface area is 133 Å². The molecule has 0 saturated carbocycles. The molecular formula is C19H26N2O. The fraction of sp³-hybridized carbons (Fsp3) is 0.368. The van der Waals surface area contributed by atoms with Gasteiger partial charge in [-0.15, -0.1) is 0 Å². The molecule has 0 aliphatic heterocycles. The van der Waals surface area contributed by atoms with Crippen molar-refractivity contribution in [1.29, 1.82) is 0 Å². The molecule has 0 fully saturated rings. The van der Waals surface area contributed by atoms with E-state index < -0.39 is 6.23 Å². The Morgan fingerprint density at radius 3 is 1.77 bits per heavy atom. The monoisotopic (exact) mass is 298 g/mol. The maximum absolute atomic E-state index is 9.15. The molecule has 0 heterocycles. The van der Waals surface area contributed by atoms with Crippen LogP contribution in [0.25, 0.3) is 0 Å². The molecule has 0 radical (unpaired) electrons. The summed E-state index contributed by atoms with van der Waals surface area (Å²) < 4.78 is 0. The quantitative estimate of drug-likeness (QED) is 0.552. The van der Waals surface area contributed by atoms with E-state index in [-0.39, 0.29) is 0 Å². The van der Waals surface area contributed by atoms with Crippen molar-refractivity contribution < 1.29 is 5.11 Å². The summed E-state index contributed by atoms with van der Waals surface area (Å²) >= 11 is 0. The maximum Gasteiger partial charge on any atom is 0.102 e. The van der Waals surface area contributed by atoms with Crippen molar-refractivity contribution in [2.45, 2.75) is 38.6 Å². The molecule has 0 bridgehead atoms. The maximum atomic E-state index is 9.15. The number of unbranched alkanes of at least 4 members (excludes halogenated alkanes) is 1. The van der Waals surface area contributed by atoms with Gasteiger partial charge in [-0.25, -0.2) is 0 Å². The minimum atomic E-state index is -0.684. The van der Waals surface area contributed by atoms with Crippen LogP contribution in [0, 0.1) is 0 Å². The highest BCUT2D eigenvalue weighted by Gasteiger charge is 2.07. The average molecular weight is 298 g/mol. The van der Waals surface area contributed by atoms with Crippen LogP contribution in [0.2, 0.25) is 0 Å². The molecular weight excluding hydrogens is 272 g/mol.